The third kappa shape index (κ3) is 3.49. The molecule has 2 radical (unpaired) electrons. The van der Waals surface area contributed by atoms with Crippen LogP contribution in [0, 0.1) is 0 Å². The quantitative estimate of drug-likeness (QED) is 0.773. The molecule has 3 rings (SSSR count). The van der Waals surface area contributed by atoms with Crippen molar-refractivity contribution in [2.45, 2.75) is 56.9 Å². The fraction of sp³-hybridized carbons (Fsp3) is 0.611. The highest BCUT2D eigenvalue weighted by molar-refractivity contribution is 7.89. The minimum atomic E-state index is -3.43. The van der Waals surface area contributed by atoms with Gasteiger partial charge in [-0.3, -0.25) is 4.79 Å². The zero-order valence-corrected chi connectivity index (χ0v) is 15.7. The molecule has 7 heteroatoms. The largest absolute Gasteiger partial charge is 0.308 e. The Kier molecular flexibility index (Phi) is 5.25. The van der Waals surface area contributed by atoms with E-state index in [1.54, 1.807) is 6.92 Å². The van der Waals surface area contributed by atoms with E-state index < -0.39 is 16.1 Å². The summed E-state index contributed by atoms with van der Waals surface area (Å²) in [4.78, 5) is 15.1. The normalized spacial score (nSPS) is 27.4. The molecule has 1 aliphatic carbocycles. The van der Waals surface area contributed by atoms with Crippen molar-refractivity contribution in [2.75, 3.05) is 17.7 Å². The Hall–Kier alpha value is -1.34. The summed E-state index contributed by atoms with van der Waals surface area (Å²) in [6.07, 6.45) is 3.93. The summed E-state index contributed by atoms with van der Waals surface area (Å²) in [5.41, 5.74) is 1.95. The molecule has 1 unspecified atom stereocenters. The topological polar surface area (TPSA) is 57.7 Å². The summed E-state index contributed by atoms with van der Waals surface area (Å²) >= 11 is 0. The van der Waals surface area contributed by atoms with Crippen LogP contribution in [-0.2, 0) is 21.2 Å². The Morgan fingerprint density at radius 3 is 2.48 bits per heavy atom. The molecule has 0 N–H and O–H groups in total. The number of para-hydroxylation sites is 1. The second-order valence-electron chi connectivity index (χ2n) is 7.04. The molecule has 1 aromatic rings. The summed E-state index contributed by atoms with van der Waals surface area (Å²) in [6, 6.07) is 7.24. The maximum absolute atomic E-state index is 13.3. The van der Waals surface area contributed by atoms with Crippen LogP contribution in [0.5, 0.6) is 0 Å². The van der Waals surface area contributed by atoms with Gasteiger partial charge in [0.15, 0.2) is 0 Å². The molecule has 0 bridgehead atoms. The van der Waals surface area contributed by atoms with Gasteiger partial charge in [0.05, 0.1) is 13.6 Å². The van der Waals surface area contributed by atoms with Crippen molar-refractivity contribution in [3.63, 3.8) is 0 Å². The van der Waals surface area contributed by atoms with Crippen LogP contribution in [-0.4, -0.2) is 51.4 Å². The summed E-state index contributed by atoms with van der Waals surface area (Å²) < 4.78 is 25.9. The summed E-state index contributed by atoms with van der Waals surface area (Å²) in [5, 5.41) is 0. The molecule has 1 aliphatic heterocycles. The lowest BCUT2D eigenvalue weighted by atomic mass is 9.73. The summed E-state index contributed by atoms with van der Waals surface area (Å²) in [7, 11) is 4.10. The van der Waals surface area contributed by atoms with E-state index in [-0.39, 0.29) is 23.5 Å². The number of sulfonamides is 1. The molecule has 25 heavy (non-hydrogen) atoms. The minimum absolute atomic E-state index is 0.00674. The number of fused-ring (bicyclic) bond motifs is 1. The molecular weight excluding hydrogens is 335 g/mol. The summed E-state index contributed by atoms with van der Waals surface area (Å²) in [5.74, 6) is 0.0803. The highest BCUT2D eigenvalue weighted by Crippen LogP contribution is 2.37. The van der Waals surface area contributed by atoms with Crippen molar-refractivity contribution in [3.05, 3.63) is 29.8 Å². The van der Waals surface area contributed by atoms with Crippen LogP contribution in [0.2, 0.25) is 5.82 Å². The SMILES string of the molecule is [B]C1CCC(N2C(=O)C(N(C)S(=O)(=O)CC)Cc3ccccc32)CC1. The minimum Gasteiger partial charge on any atom is -0.308 e. The van der Waals surface area contributed by atoms with Crippen LogP contribution in [0.25, 0.3) is 0 Å². The average molecular weight is 360 g/mol. The highest BCUT2D eigenvalue weighted by Gasteiger charge is 2.41. The van der Waals surface area contributed by atoms with E-state index in [9.17, 15) is 13.2 Å². The van der Waals surface area contributed by atoms with Gasteiger partial charge in [0.25, 0.3) is 0 Å². The Morgan fingerprint density at radius 2 is 1.84 bits per heavy atom. The number of amides is 1. The lowest BCUT2D eigenvalue weighted by molar-refractivity contribution is -0.123. The monoisotopic (exact) mass is 360 g/mol. The number of hydrogen-bond donors (Lipinski definition) is 0. The van der Waals surface area contributed by atoms with Crippen molar-refractivity contribution in [1.82, 2.24) is 4.31 Å². The van der Waals surface area contributed by atoms with Gasteiger partial charge < -0.3 is 4.90 Å². The number of benzene rings is 1. The predicted molar refractivity (Wildman–Crippen MR) is 100 cm³/mol. The van der Waals surface area contributed by atoms with Gasteiger partial charge in [0.1, 0.15) is 6.04 Å². The highest BCUT2D eigenvalue weighted by atomic mass is 32.2. The van der Waals surface area contributed by atoms with Crippen LogP contribution in [0.4, 0.5) is 5.69 Å². The predicted octanol–water partition coefficient (Wildman–Crippen LogP) is 2.13. The zero-order chi connectivity index (χ0) is 18.2. The Bertz CT molecular complexity index is 744. The second kappa shape index (κ2) is 7.12. The van der Waals surface area contributed by atoms with Crippen LogP contribution in [0.1, 0.15) is 38.2 Å². The number of likely N-dealkylation sites (N-methyl/N-ethyl adjacent to an activating group) is 1. The van der Waals surface area contributed by atoms with E-state index >= 15 is 0 Å². The van der Waals surface area contributed by atoms with E-state index in [4.69, 9.17) is 7.85 Å². The first-order valence-electron chi connectivity index (χ1n) is 8.97. The van der Waals surface area contributed by atoms with E-state index in [0.29, 0.717) is 6.42 Å². The molecule has 1 amide bonds. The average Bonchev–Trinajstić information content (AvgIpc) is 2.61. The molecule has 0 saturated heterocycles. The van der Waals surface area contributed by atoms with Crippen molar-refractivity contribution in [1.29, 1.82) is 0 Å². The first-order valence-corrected chi connectivity index (χ1v) is 10.6. The van der Waals surface area contributed by atoms with Crippen molar-refractivity contribution in [2.24, 2.45) is 0 Å². The van der Waals surface area contributed by atoms with Crippen LogP contribution < -0.4 is 4.90 Å². The molecule has 1 fully saturated rings. The van der Waals surface area contributed by atoms with Gasteiger partial charge >= 0.3 is 0 Å². The van der Waals surface area contributed by atoms with Gasteiger partial charge in [-0.05, 0) is 31.4 Å². The van der Waals surface area contributed by atoms with E-state index in [0.717, 1.165) is 36.9 Å². The van der Waals surface area contributed by atoms with E-state index in [1.807, 2.05) is 29.2 Å². The van der Waals surface area contributed by atoms with E-state index in [1.165, 1.54) is 11.4 Å². The maximum atomic E-state index is 13.3. The first kappa shape index (κ1) is 18.5. The lowest BCUT2D eigenvalue weighted by Gasteiger charge is -2.43. The molecule has 2 aliphatic rings. The standard InChI is InChI=1S/C18H25BN2O3S/c1-3-25(23,24)20(2)17-12-13-6-4-5-7-16(13)21(18(17)22)15-10-8-14(19)9-11-15/h4-7,14-15,17H,3,8-12H2,1-2H3. The second-order valence-corrected chi connectivity index (χ2v) is 9.36. The lowest BCUT2D eigenvalue weighted by Crippen LogP contribution is -2.56. The third-order valence-corrected chi connectivity index (χ3v) is 7.40. The number of carbonyl (C=O) groups is 1. The van der Waals surface area contributed by atoms with Gasteiger partial charge in [0, 0.05) is 25.2 Å². The van der Waals surface area contributed by atoms with Crippen molar-refractivity contribution < 1.29 is 13.2 Å². The number of rotatable bonds is 4. The molecule has 134 valence electrons. The van der Waals surface area contributed by atoms with E-state index in [2.05, 4.69) is 0 Å². The summed E-state index contributed by atoms with van der Waals surface area (Å²) in [6.45, 7) is 1.60. The maximum Gasteiger partial charge on any atom is 0.246 e. The number of carbonyl (C=O) groups excluding carboxylic acids is 1. The van der Waals surface area contributed by atoms with Gasteiger partial charge in [-0.1, -0.05) is 36.9 Å². The number of nitrogens with zero attached hydrogens (tertiary/aromatic N) is 2. The fourth-order valence-corrected chi connectivity index (χ4v) is 4.87. The van der Waals surface area contributed by atoms with Gasteiger partial charge in [0.2, 0.25) is 15.9 Å². The van der Waals surface area contributed by atoms with Crippen LogP contribution >= 0.6 is 0 Å². The van der Waals surface area contributed by atoms with Crippen molar-refractivity contribution >= 4 is 29.5 Å². The third-order valence-electron chi connectivity index (χ3n) is 5.54. The molecule has 5 nitrogen and oxygen atoms in total. The smallest absolute Gasteiger partial charge is 0.246 e. The Balaban J connectivity index is 1.97. The molecule has 1 aromatic carbocycles. The molecule has 1 heterocycles. The Labute approximate surface area is 151 Å². The molecule has 0 spiro atoms. The molecule has 1 atom stereocenters. The van der Waals surface area contributed by atoms with Gasteiger partial charge in [-0.15, -0.1) is 0 Å². The number of anilines is 1. The van der Waals surface area contributed by atoms with Crippen LogP contribution in [0.15, 0.2) is 24.3 Å². The molecular formula is C18H25BN2O3S. The van der Waals surface area contributed by atoms with Crippen LogP contribution in [0.3, 0.4) is 0 Å². The molecule has 0 aromatic heterocycles. The van der Waals surface area contributed by atoms with Crippen molar-refractivity contribution in [3.8, 4) is 0 Å². The van der Waals surface area contributed by atoms with Gasteiger partial charge in [-0.25, -0.2) is 8.42 Å². The zero-order valence-electron chi connectivity index (χ0n) is 14.9. The Morgan fingerprint density at radius 1 is 1.20 bits per heavy atom. The van der Waals surface area contributed by atoms with Gasteiger partial charge in [-0.2, -0.15) is 4.31 Å². The number of hydrogen-bond acceptors (Lipinski definition) is 3. The molecule has 1 saturated carbocycles. The fourth-order valence-electron chi connectivity index (χ4n) is 3.91. The first-order chi connectivity index (χ1) is 11.8.